The van der Waals surface area contributed by atoms with Crippen LogP contribution in [0.4, 0.5) is 0 Å². The van der Waals surface area contributed by atoms with E-state index in [1.165, 1.54) is 0 Å². The predicted molar refractivity (Wildman–Crippen MR) is 54.4 cm³/mol. The third kappa shape index (κ3) is 1.82. The molecule has 2 aliphatic rings. The average Bonchev–Trinajstić information content (AvgIpc) is 2.59. The molecule has 1 saturated carbocycles. The molecule has 3 unspecified atom stereocenters. The first-order valence-electron chi connectivity index (χ1n) is 5.51. The SMILES string of the molecule is CC(C)N1N=NC2CCC(C(=O)O)CC21. The first-order valence-corrected chi connectivity index (χ1v) is 5.51. The second kappa shape index (κ2) is 3.79. The Morgan fingerprint density at radius 1 is 1.47 bits per heavy atom. The molecule has 3 atom stereocenters. The molecule has 84 valence electrons. The predicted octanol–water partition coefficient (Wildman–Crippen LogP) is 1.70. The Hall–Kier alpha value is -1.13. The van der Waals surface area contributed by atoms with E-state index in [9.17, 15) is 4.79 Å². The fourth-order valence-corrected chi connectivity index (χ4v) is 2.45. The topological polar surface area (TPSA) is 65.3 Å². The van der Waals surface area contributed by atoms with Crippen molar-refractivity contribution in [2.45, 2.75) is 51.2 Å². The van der Waals surface area contributed by atoms with Gasteiger partial charge in [-0.05, 0) is 33.1 Å². The Labute approximate surface area is 89.1 Å². The Morgan fingerprint density at radius 2 is 2.20 bits per heavy atom. The molecule has 0 spiro atoms. The van der Waals surface area contributed by atoms with Crippen molar-refractivity contribution in [3.05, 3.63) is 0 Å². The van der Waals surface area contributed by atoms with Crippen LogP contribution in [0.2, 0.25) is 0 Å². The molecule has 1 aliphatic heterocycles. The summed E-state index contributed by atoms with van der Waals surface area (Å²) in [5, 5.41) is 19.3. The lowest BCUT2D eigenvalue weighted by Crippen LogP contribution is -2.44. The van der Waals surface area contributed by atoms with E-state index in [1.54, 1.807) is 0 Å². The summed E-state index contributed by atoms with van der Waals surface area (Å²) in [6.45, 7) is 4.12. The lowest BCUT2D eigenvalue weighted by Gasteiger charge is -2.34. The minimum absolute atomic E-state index is 0.208. The fraction of sp³-hybridized carbons (Fsp3) is 0.900. The van der Waals surface area contributed by atoms with Crippen molar-refractivity contribution in [3.8, 4) is 0 Å². The van der Waals surface area contributed by atoms with Gasteiger partial charge in [0, 0.05) is 6.04 Å². The monoisotopic (exact) mass is 211 g/mol. The van der Waals surface area contributed by atoms with Gasteiger partial charge >= 0.3 is 5.97 Å². The largest absolute Gasteiger partial charge is 0.481 e. The van der Waals surface area contributed by atoms with E-state index in [0.717, 1.165) is 12.8 Å². The van der Waals surface area contributed by atoms with Crippen LogP contribution < -0.4 is 0 Å². The highest BCUT2D eigenvalue weighted by Gasteiger charge is 2.41. The van der Waals surface area contributed by atoms with Gasteiger partial charge in [0.25, 0.3) is 0 Å². The summed E-state index contributed by atoms with van der Waals surface area (Å²) in [5.41, 5.74) is 0. The second-order valence-electron chi connectivity index (χ2n) is 4.66. The zero-order chi connectivity index (χ0) is 11.0. The van der Waals surface area contributed by atoms with Crippen LogP contribution in [0.15, 0.2) is 10.3 Å². The van der Waals surface area contributed by atoms with E-state index < -0.39 is 5.97 Å². The Kier molecular flexibility index (Phi) is 2.63. The van der Waals surface area contributed by atoms with Crippen LogP contribution in [-0.2, 0) is 4.79 Å². The standard InChI is InChI=1S/C10H17N3O2/c1-6(2)13-9-5-7(10(14)15)3-4-8(9)11-12-13/h6-9H,3-5H2,1-2H3,(H,14,15). The Bertz CT molecular complexity index is 290. The van der Waals surface area contributed by atoms with Gasteiger partial charge in [-0.1, -0.05) is 5.22 Å². The molecule has 5 nitrogen and oxygen atoms in total. The van der Waals surface area contributed by atoms with E-state index in [0.29, 0.717) is 12.5 Å². The number of carboxylic acids is 1. The highest BCUT2D eigenvalue weighted by molar-refractivity contribution is 5.70. The first kappa shape index (κ1) is 10.4. The molecule has 0 amide bonds. The summed E-state index contributed by atoms with van der Waals surface area (Å²) in [5.74, 6) is -0.889. The lowest BCUT2D eigenvalue weighted by molar-refractivity contribution is -0.143. The number of fused-ring (bicyclic) bond motifs is 1. The molecule has 0 radical (unpaired) electrons. The average molecular weight is 211 g/mol. The molecular weight excluding hydrogens is 194 g/mol. The van der Waals surface area contributed by atoms with Crippen LogP contribution in [0.25, 0.3) is 0 Å². The molecule has 15 heavy (non-hydrogen) atoms. The molecule has 0 aromatic rings. The summed E-state index contributed by atoms with van der Waals surface area (Å²) in [4.78, 5) is 10.9. The number of carbonyl (C=O) groups is 1. The summed E-state index contributed by atoms with van der Waals surface area (Å²) < 4.78 is 0. The smallest absolute Gasteiger partial charge is 0.306 e. The maximum Gasteiger partial charge on any atom is 0.306 e. The van der Waals surface area contributed by atoms with E-state index in [-0.39, 0.29) is 18.0 Å². The van der Waals surface area contributed by atoms with Crippen LogP contribution >= 0.6 is 0 Å². The van der Waals surface area contributed by atoms with Gasteiger partial charge in [0.2, 0.25) is 0 Å². The van der Waals surface area contributed by atoms with Crippen molar-refractivity contribution in [3.63, 3.8) is 0 Å². The van der Waals surface area contributed by atoms with E-state index in [1.807, 2.05) is 5.01 Å². The third-order valence-corrected chi connectivity index (χ3v) is 3.30. The van der Waals surface area contributed by atoms with Crippen molar-refractivity contribution in [1.82, 2.24) is 5.01 Å². The lowest BCUT2D eigenvalue weighted by atomic mass is 9.82. The minimum Gasteiger partial charge on any atom is -0.481 e. The van der Waals surface area contributed by atoms with Crippen molar-refractivity contribution in [2.75, 3.05) is 0 Å². The van der Waals surface area contributed by atoms with E-state index >= 15 is 0 Å². The van der Waals surface area contributed by atoms with Crippen LogP contribution in [0.1, 0.15) is 33.1 Å². The molecule has 1 heterocycles. The van der Waals surface area contributed by atoms with Crippen molar-refractivity contribution >= 4 is 5.97 Å². The van der Waals surface area contributed by atoms with E-state index in [4.69, 9.17) is 5.11 Å². The fourth-order valence-electron chi connectivity index (χ4n) is 2.45. The maximum absolute atomic E-state index is 10.9. The summed E-state index contributed by atoms with van der Waals surface area (Å²) in [6.07, 6.45) is 2.28. The molecule has 1 aliphatic carbocycles. The third-order valence-electron chi connectivity index (χ3n) is 3.30. The van der Waals surface area contributed by atoms with Crippen LogP contribution in [0, 0.1) is 5.92 Å². The molecule has 1 fully saturated rings. The highest BCUT2D eigenvalue weighted by Crippen LogP contribution is 2.35. The summed E-state index contributed by atoms with van der Waals surface area (Å²) >= 11 is 0. The number of aliphatic carboxylic acids is 1. The minimum atomic E-state index is -0.677. The summed E-state index contributed by atoms with van der Waals surface area (Å²) in [6, 6.07) is 0.735. The second-order valence-corrected chi connectivity index (χ2v) is 4.66. The Morgan fingerprint density at radius 3 is 2.80 bits per heavy atom. The molecule has 5 heteroatoms. The normalized spacial score (nSPS) is 34.6. The molecule has 0 aromatic heterocycles. The molecule has 2 rings (SSSR count). The Balaban J connectivity index is 2.06. The van der Waals surface area contributed by atoms with Gasteiger partial charge in [0.1, 0.15) is 0 Å². The number of hydrogen-bond acceptors (Lipinski definition) is 4. The molecule has 0 bridgehead atoms. The number of nitrogens with zero attached hydrogens (tertiary/aromatic N) is 3. The van der Waals surface area contributed by atoms with Crippen LogP contribution in [0.3, 0.4) is 0 Å². The van der Waals surface area contributed by atoms with Gasteiger partial charge in [0.15, 0.2) is 0 Å². The van der Waals surface area contributed by atoms with Crippen LogP contribution in [0.5, 0.6) is 0 Å². The van der Waals surface area contributed by atoms with Gasteiger partial charge in [-0.25, -0.2) is 0 Å². The van der Waals surface area contributed by atoms with Gasteiger partial charge in [-0.2, -0.15) is 5.11 Å². The van der Waals surface area contributed by atoms with Crippen molar-refractivity contribution in [2.24, 2.45) is 16.3 Å². The molecule has 1 N–H and O–H groups in total. The number of rotatable bonds is 2. The van der Waals surface area contributed by atoms with Crippen LogP contribution in [-0.4, -0.2) is 34.2 Å². The van der Waals surface area contributed by atoms with Crippen molar-refractivity contribution < 1.29 is 9.90 Å². The van der Waals surface area contributed by atoms with Crippen molar-refractivity contribution in [1.29, 1.82) is 0 Å². The maximum atomic E-state index is 10.9. The summed E-state index contributed by atoms with van der Waals surface area (Å²) in [7, 11) is 0. The zero-order valence-corrected chi connectivity index (χ0v) is 9.13. The highest BCUT2D eigenvalue weighted by atomic mass is 16.4. The quantitative estimate of drug-likeness (QED) is 0.756. The zero-order valence-electron chi connectivity index (χ0n) is 9.13. The molecule has 0 saturated heterocycles. The molecule has 0 aromatic carbocycles. The van der Waals surface area contributed by atoms with Gasteiger partial charge in [-0.3, -0.25) is 9.80 Å². The van der Waals surface area contributed by atoms with E-state index in [2.05, 4.69) is 24.2 Å². The first-order chi connectivity index (χ1) is 7.09. The van der Waals surface area contributed by atoms with Gasteiger partial charge < -0.3 is 5.11 Å². The van der Waals surface area contributed by atoms with Gasteiger partial charge in [0.05, 0.1) is 18.0 Å². The van der Waals surface area contributed by atoms with Gasteiger partial charge in [-0.15, -0.1) is 0 Å². The number of carboxylic acid groups (broad SMARTS) is 1. The molecular formula is C10H17N3O2. The number of hydrogen-bond donors (Lipinski definition) is 1.